The summed E-state index contributed by atoms with van der Waals surface area (Å²) in [5.74, 6) is 0. The number of hydrogen-bond acceptors (Lipinski definition) is 3. The maximum Gasteiger partial charge on any atom is 0.0710 e. The van der Waals surface area contributed by atoms with Crippen molar-refractivity contribution in [1.29, 1.82) is 0 Å². The van der Waals surface area contributed by atoms with E-state index in [1.165, 1.54) is 77.4 Å². The second kappa shape index (κ2) is 6.97. The molecular weight excluding hydrogens is 260 g/mol. The molecule has 0 aromatic carbocycles. The lowest BCUT2D eigenvalue weighted by molar-refractivity contribution is -0.0552. The molecule has 1 spiro atoms. The molecule has 122 valence electrons. The largest absolute Gasteiger partial charge is 0.370 e. The van der Waals surface area contributed by atoms with E-state index in [0.29, 0.717) is 23.8 Å². The zero-order valence-corrected chi connectivity index (χ0v) is 14.1. The van der Waals surface area contributed by atoms with Gasteiger partial charge in [-0.15, -0.1) is 0 Å². The Labute approximate surface area is 130 Å². The number of rotatable bonds is 5. The molecule has 0 aromatic rings. The predicted molar refractivity (Wildman–Crippen MR) is 87.7 cm³/mol. The predicted octanol–water partition coefficient (Wildman–Crippen LogP) is 3.33. The lowest BCUT2D eigenvalue weighted by Gasteiger charge is -2.41. The van der Waals surface area contributed by atoms with E-state index in [2.05, 4.69) is 24.1 Å². The Bertz CT molecular complexity index is 327. The molecule has 2 heterocycles. The Balaban J connectivity index is 1.54. The molecule has 3 unspecified atom stereocenters. The molecular formula is C18H34N2O. The first-order valence-electron chi connectivity index (χ1n) is 9.40. The Morgan fingerprint density at radius 2 is 2.00 bits per heavy atom. The highest BCUT2D eigenvalue weighted by atomic mass is 16.5. The van der Waals surface area contributed by atoms with Gasteiger partial charge in [0.25, 0.3) is 0 Å². The van der Waals surface area contributed by atoms with Crippen LogP contribution in [0.3, 0.4) is 0 Å². The first-order chi connectivity index (χ1) is 10.2. The van der Waals surface area contributed by atoms with E-state index in [4.69, 9.17) is 4.74 Å². The molecule has 0 aromatic heterocycles. The van der Waals surface area contributed by atoms with Crippen molar-refractivity contribution in [2.75, 3.05) is 19.6 Å². The van der Waals surface area contributed by atoms with E-state index in [-0.39, 0.29) is 0 Å². The second-order valence-corrected chi connectivity index (χ2v) is 7.58. The van der Waals surface area contributed by atoms with Crippen LogP contribution >= 0.6 is 0 Å². The average molecular weight is 294 g/mol. The van der Waals surface area contributed by atoms with E-state index in [1.54, 1.807) is 0 Å². The summed E-state index contributed by atoms with van der Waals surface area (Å²) in [6, 6.07) is 1.40. The van der Waals surface area contributed by atoms with Crippen LogP contribution in [0.5, 0.6) is 0 Å². The van der Waals surface area contributed by atoms with Crippen LogP contribution in [0.1, 0.15) is 71.6 Å². The molecule has 3 rings (SSSR count). The molecule has 1 aliphatic carbocycles. The smallest absolute Gasteiger partial charge is 0.0710 e. The van der Waals surface area contributed by atoms with Crippen molar-refractivity contribution in [3.05, 3.63) is 0 Å². The van der Waals surface area contributed by atoms with Crippen molar-refractivity contribution in [3.63, 3.8) is 0 Å². The van der Waals surface area contributed by atoms with E-state index >= 15 is 0 Å². The third-order valence-corrected chi connectivity index (χ3v) is 6.01. The molecule has 0 radical (unpaired) electrons. The summed E-state index contributed by atoms with van der Waals surface area (Å²) in [5, 5.41) is 3.74. The SMILES string of the molecule is CCCC1CN(CC2CCC3(CCCC3)O2)C(CC)CN1. The van der Waals surface area contributed by atoms with Crippen LogP contribution in [-0.2, 0) is 4.74 Å². The van der Waals surface area contributed by atoms with Gasteiger partial charge in [0.15, 0.2) is 0 Å². The van der Waals surface area contributed by atoms with E-state index in [9.17, 15) is 0 Å². The van der Waals surface area contributed by atoms with E-state index < -0.39 is 0 Å². The number of nitrogens with one attached hydrogen (secondary N) is 1. The lowest BCUT2D eigenvalue weighted by Crippen LogP contribution is -2.57. The van der Waals surface area contributed by atoms with Gasteiger partial charge < -0.3 is 10.1 Å². The monoisotopic (exact) mass is 294 g/mol. The average Bonchev–Trinajstić information content (AvgIpc) is 3.10. The maximum absolute atomic E-state index is 6.54. The molecule has 1 saturated carbocycles. The lowest BCUT2D eigenvalue weighted by atomic mass is 9.98. The standard InChI is InChI=1S/C18H34N2O/c1-3-7-15-13-20(16(4-2)12-19-15)14-17-8-11-18(21-17)9-5-6-10-18/h15-17,19H,3-14H2,1-2H3. The van der Waals surface area contributed by atoms with Gasteiger partial charge in [-0.25, -0.2) is 0 Å². The summed E-state index contributed by atoms with van der Waals surface area (Å²) in [4.78, 5) is 2.73. The van der Waals surface area contributed by atoms with E-state index in [0.717, 1.165) is 0 Å². The normalized spacial score (nSPS) is 36.6. The van der Waals surface area contributed by atoms with Gasteiger partial charge in [-0.3, -0.25) is 4.90 Å². The summed E-state index contributed by atoms with van der Waals surface area (Å²) in [6.45, 7) is 8.18. The third-order valence-electron chi connectivity index (χ3n) is 6.01. The number of ether oxygens (including phenoxy) is 1. The molecule has 0 amide bonds. The van der Waals surface area contributed by atoms with Crippen molar-refractivity contribution >= 4 is 0 Å². The van der Waals surface area contributed by atoms with Gasteiger partial charge in [0.2, 0.25) is 0 Å². The fourth-order valence-electron chi connectivity index (χ4n) is 4.77. The minimum absolute atomic E-state index is 0.295. The Morgan fingerprint density at radius 1 is 1.19 bits per heavy atom. The van der Waals surface area contributed by atoms with Gasteiger partial charge in [0, 0.05) is 31.7 Å². The molecule has 3 nitrogen and oxygen atoms in total. The fourth-order valence-corrected chi connectivity index (χ4v) is 4.77. The zero-order chi connectivity index (χ0) is 14.7. The Morgan fingerprint density at radius 3 is 2.71 bits per heavy atom. The third kappa shape index (κ3) is 3.62. The quantitative estimate of drug-likeness (QED) is 0.842. The van der Waals surface area contributed by atoms with Crippen LogP contribution in [-0.4, -0.2) is 48.3 Å². The van der Waals surface area contributed by atoms with Crippen LogP contribution in [0.2, 0.25) is 0 Å². The first-order valence-corrected chi connectivity index (χ1v) is 9.40. The van der Waals surface area contributed by atoms with Crippen molar-refractivity contribution in [1.82, 2.24) is 10.2 Å². The molecule has 3 fully saturated rings. The summed E-state index contributed by atoms with van der Waals surface area (Å²) in [5.41, 5.74) is 0.295. The van der Waals surface area contributed by atoms with Gasteiger partial charge in [0.1, 0.15) is 0 Å². The van der Waals surface area contributed by atoms with Crippen molar-refractivity contribution in [3.8, 4) is 0 Å². The van der Waals surface area contributed by atoms with Gasteiger partial charge in [-0.05, 0) is 38.5 Å². The van der Waals surface area contributed by atoms with Crippen LogP contribution in [0.15, 0.2) is 0 Å². The molecule has 1 N–H and O–H groups in total. The highest BCUT2D eigenvalue weighted by Gasteiger charge is 2.43. The van der Waals surface area contributed by atoms with Gasteiger partial charge in [-0.1, -0.05) is 33.1 Å². The molecule has 21 heavy (non-hydrogen) atoms. The highest BCUT2D eigenvalue weighted by Crippen LogP contribution is 2.43. The van der Waals surface area contributed by atoms with Crippen molar-refractivity contribution < 1.29 is 4.74 Å². The minimum Gasteiger partial charge on any atom is -0.370 e. The van der Waals surface area contributed by atoms with Crippen LogP contribution in [0.25, 0.3) is 0 Å². The second-order valence-electron chi connectivity index (χ2n) is 7.58. The maximum atomic E-state index is 6.54. The topological polar surface area (TPSA) is 24.5 Å². The van der Waals surface area contributed by atoms with Crippen LogP contribution in [0, 0.1) is 0 Å². The van der Waals surface area contributed by atoms with Crippen LogP contribution < -0.4 is 5.32 Å². The summed E-state index contributed by atoms with van der Waals surface area (Å²) < 4.78 is 6.54. The Kier molecular flexibility index (Phi) is 5.23. The number of nitrogens with zero attached hydrogens (tertiary/aromatic N) is 1. The highest BCUT2D eigenvalue weighted by molar-refractivity contribution is 4.95. The Hall–Kier alpha value is -0.120. The summed E-state index contributed by atoms with van der Waals surface area (Å²) in [6.07, 6.45) is 12.4. The molecule has 0 bridgehead atoms. The van der Waals surface area contributed by atoms with Gasteiger partial charge in [-0.2, -0.15) is 0 Å². The first kappa shape index (κ1) is 15.8. The van der Waals surface area contributed by atoms with Crippen molar-refractivity contribution in [2.24, 2.45) is 0 Å². The van der Waals surface area contributed by atoms with Crippen molar-refractivity contribution in [2.45, 2.75) is 95.4 Å². The summed E-state index contributed by atoms with van der Waals surface area (Å²) in [7, 11) is 0. The number of hydrogen-bond donors (Lipinski definition) is 1. The van der Waals surface area contributed by atoms with Gasteiger partial charge >= 0.3 is 0 Å². The van der Waals surface area contributed by atoms with Crippen LogP contribution in [0.4, 0.5) is 0 Å². The zero-order valence-electron chi connectivity index (χ0n) is 14.1. The van der Waals surface area contributed by atoms with Gasteiger partial charge in [0.05, 0.1) is 11.7 Å². The molecule has 2 saturated heterocycles. The fraction of sp³-hybridized carbons (Fsp3) is 1.00. The minimum atomic E-state index is 0.295. The molecule has 2 aliphatic heterocycles. The number of piperazine rings is 1. The molecule has 3 aliphatic rings. The molecule has 3 heteroatoms. The molecule has 3 atom stereocenters. The summed E-state index contributed by atoms with van der Waals surface area (Å²) >= 11 is 0. The van der Waals surface area contributed by atoms with E-state index in [1.807, 2.05) is 0 Å².